The van der Waals surface area contributed by atoms with Crippen LogP contribution < -0.4 is 5.73 Å². The van der Waals surface area contributed by atoms with Gasteiger partial charge in [-0.25, -0.2) is 0 Å². The molecule has 2 heteroatoms. The van der Waals surface area contributed by atoms with Gasteiger partial charge in [-0.15, -0.1) is 0 Å². The van der Waals surface area contributed by atoms with E-state index in [9.17, 15) is 0 Å². The van der Waals surface area contributed by atoms with E-state index < -0.39 is 0 Å². The smallest absolute Gasteiger partial charge is 0.0650 e. The first kappa shape index (κ1) is 10.7. The van der Waals surface area contributed by atoms with Crippen LogP contribution in [-0.4, -0.2) is 19.3 Å². The molecule has 0 aliphatic rings. The van der Waals surface area contributed by atoms with Crippen molar-refractivity contribution in [1.82, 2.24) is 0 Å². The van der Waals surface area contributed by atoms with E-state index in [1.54, 1.807) is 0 Å². The molecule has 2 nitrogen and oxygen atoms in total. The molecule has 0 amide bonds. The van der Waals surface area contributed by atoms with E-state index in [1.807, 2.05) is 19.1 Å². The Morgan fingerprint density at radius 1 is 1.55 bits per heavy atom. The van der Waals surface area contributed by atoms with Crippen molar-refractivity contribution in [3.05, 3.63) is 12.2 Å². The molecule has 0 spiro atoms. The summed E-state index contributed by atoms with van der Waals surface area (Å²) in [6.45, 7) is 5.56. The van der Waals surface area contributed by atoms with Gasteiger partial charge in [-0.2, -0.15) is 0 Å². The highest BCUT2D eigenvalue weighted by atomic mass is 16.5. The van der Waals surface area contributed by atoms with Gasteiger partial charge in [0.05, 0.1) is 12.7 Å². The van der Waals surface area contributed by atoms with Gasteiger partial charge in [-0.05, 0) is 33.2 Å². The zero-order chi connectivity index (χ0) is 8.53. The first-order valence-electron chi connectivity index (χ1n) is 4.24. The zero-order valence-corrected chi connectivity index (χ0v) is 7.55. The molecule has 1 atom stereocenters. The number of hydrogen-bond donors (Lipinski definition) is 1. The second-order valence-electron chi connectivity index (χ2n) is 2.64. The Kier molecular flexibility index (Phi) is 7.52. The maximum Gasteiger partial charge on any atom is 0.0650 e. The summed E-state index contributed by atoms with van der Waals surface area (Å²) in [5.41, 5.74) is 5.36. The molecule has 11 heavy (non-hydrogen) atoms. The van der Waals surface area contributed by atoms with E-state index in [0.717, 1.165) is 26.0 Å². The van der Waals surface area contributed by atoms with Crippen molar-refractivity contribution in [2.24, 2.45) is 5.73 Å². The molecule has 0 rings (SSSR count). The Morgan fingerprint density at radius 3 is 2.82 bits per heavy atom. The van der Waals surface area contributed by atoms with Crippen LogP contribution in [0.2, 0.25) is 0 Å². The van der Waals surface area contributed by atoms with Gasteiger partial charge in [0.1, 0.15) is 0 Å². The average Bonchev–Trinajstić information content (AvgIpc) is 2.01. The summed E-state index contributed by atoms with van der Waals surface area (Å²) in [4.78, 5) is 0. The van der Waals surface area contributed by atoms with Gasteiger partial charge >= 0.3 is 0 Å². The monoisotopic (exact) mass is 157 g/mol. The molecule has 0 saturated carbocycles. The number of rotatable bonds is 6. The Bertz CT molecular complexity index is 102. The molecule has 0 bridgehead atoms. The number of nitrogens with two attached hydrogens (primary N) is 1. The Hall–Kier alpha value is -0.340. The quantitative estimate of drug-likeness (QED) is 0.596. The van der Waals surface area contributed by atoms with Crippen molar-refractivity contribution in [3.63, 3.8) is 0 Å². The third-order valence-electron chi connectivity index (χ3n) is 1.53. The fourth-order valence-electron chi connectivity index (χ4n) is 0.805. The average molecular weight is 157 g/mol. The lowest BCUT2D eigenvalue weighted by molar-refractivity contribution is 0.0808. The van der Waals surface area contributed by atoms with E-state index in [0.29, 0.717) is 6.10 Å². The van der Waals surface area contributed by atoms with E-state index in [-0.39, 0.29) is 0 Å². The van der Waals surface area contributed by atoms with Gasteiger partial charge in [0, 0.05) is 0 Å². The van der Waals surface area contributed by atoms with Gasteiger partial charge in [0.25, 0.3) is 0 Å². The third kappa shape index (κ3) is 7.56. The maximum absolute atomic E-state index is 5.44. The summed E-state index contributed by atoms with van der Waals surface area (Å²) in [5.74, 6) is 0. The van der Waals surface area contributed by atoms with Crippen molar-refractivity contribution < 1.29 is 4.74 Å². The van der Waals surface area contributed by atoms with E-state index in [1.165, 1.54) is 0 Å². The largest absolute Gasteiger partial charge is 0.374 e. The summed E-state index contributed by atoms with van der Waals surface area (Å²) in [5, 5.41) is 0. The fraction of sp³-hybridized carbons (Fsp3) is 0.778. The minimum Gasteiger partial charge on any atom is -0.374 e. The van der Waals surface area contributed by atoms with Gasteiger partial charge in [-0.1, -0.05) is 12.2 Å². The van der Waals surface area contributed by atoms with Gasteiger partial charge < -0.3 is 10.5 Å². The molecule has 0 aliphatic heterocycles. The topological polar surface area (TPSA) is 35.2 Å². The summed E-state index contributed by atoms with van der Waals surface area (Å²) < 4.78 is 5.44. The van der Waals surface area contributed by atoms with E-state index >= 15 is 0 Å². The summed E-state index contributed by atoms with van der Waals surface area (Å²) >= 11 is 0. The van der Waals surface area contributed by atoms with Gasteiger partial charge in [0.15, 0.2) is 0 Å². The molecule has 66 valence electrons. The molecule has 0 heterocycles. The summed E-state index contributed by atoms with van der Waals surface area (Å²) in [6.07, 6.45) is 6.47. The highest BCUT2D eigenvalue weighted by Gasteiger charge is 1.98. The normalized spacial score (nSPS) is 14.1. The lowest BCUT2D eigenvalue weighted by Crippen LogP contribution is -2.10. The van der Waals surface area contributed by atoms with Crippen molar-refractivity contribution in [1.29, 1.82) is 0 Å². The number of hydrogen-bond acceptors (Lipinski definition) is 2. The van der Waals surface area contributed by atoms with Crippen molar-refractivity contribution in [2.45, 2.75) is 32.8 Å². The van der Waals surface area contributed by atoms with E-state index in [2.05, 4.69) is 6.92 Å². The molecule has 0 aliphatic carbocycles. The predicted molar refractivity (Wildman–Crippen MR) is 48.5 cm³/mol. The van der Waals surface area contributed by atoms with Gasteiger partial charge in [0.2, 0.25) is 0 Å². The van der Waals surface area contributed by atoms with Crippen LogP contribution >= 0.6 is 0 Å². The van der Waals surface area contributed by atoms with Crippen molar-refractivity contribution >= 4 is 0 Å². The molecule has 0 saturated heterocycles. The first-order valence-corrected chi connectivity index (χ1v) is 4.24. The first-order chi connectivity index (χ1) is 5.31. The standard InChI is InChI=1S/C9H19NO/c1-3-4-8-11-9(2)6-5-7-10/h3-4,9H,5-8,10H2,1-2H3. The molecule has 0 aromatic heterocycles. The minimum atomic E-state index is 0.342. The SMILES string of the molecule is CC=CCOC(C)CCCN. The zero-order valence-electron chi connectivity index (χ0n) is 7.55. The van der Waals surface area contributed by atoms with Crippen LogP contribution in [0.25, 0.3) is 0 Å². The molecule has 1 unspecified atom stereocenters. The molecule has 0 aromatic carbocycles. The maximum atomic E-state index is 5.44. The number of ether oxygens (including phenoxy) is 1. The van der Waals surface area contributed by atoms with Crippen molar-refractivity contribution in [2.75, 3.05) is 13.2 Å². The minimum absolute atomic E-state index is 0.342. The summed E-state index contributed by atoms with van der Waals surface area (Å²) in [6, 6.07) is 0. The van der Waals surface area contributed by atoms with Crippen LogP contribution in [0.15, 0.2) is 12.2 Å². The van der Waals surface area contributed by atoms with E-state index in [4.69, 9.17) is 10.5 Å². The van der Waals surface area contributed by atoms with Crippen molar-refractivity contribution in [3.8, 4) is 0 Å². The van der Waals surface area contributed by atoms with Crippen LogP contribution in [-0.2, 0) is 4.74 Å². The van der Waals surface area contributed by atoms with Gasteiger partial charge in [-0.3, -0.25) is 0 Å². The highest BCUT2D eigenvalue weighted by molar-refractivity contribution is 4.76. The Balaban J connectivity index is 3.15. The third-order valence-corrected chi connectivity index (χ3v) is 1.53. The summed E-state index contributed by atoms with van der Waals surface area (Å²) in [7, 11) is 0. The van der Waals surface area contributed by atoms with Crippen LogP contribution in [0.5, 0.6) is 0 Å². The predicted octanol–water partition coefficient (Wildman–Crippen LogP) is 1.71. The Labute approximate surface area is 69.4 Å². The van der Waals surface area contributed by atoms with Crippen LogP contribution in [0.4, 0.5) is 0 Å². The van der Waals surface area contributed by atoms with Crippen LogP contribution in [0, 0.1) is 0 Å². The highest BCUT2D eigenvalue weighted by Crippen LogP contribution is 1.99. The fourth-order valence-corrected chi connectivity index (χ4v) is 0.805. The molecular formula is C9H19NO. The molecule has 0 fully saturated rings. The lowest BCUT2D eigenvalue weighted by Gasteiger charge is -2.09. The molecule has 0 radical (unpaired) electrons. The number of allylic oxidation sites excluding steroid dienone is 1. The second kappa shape index (κ2) is 7.76. The second-order valence-corrected chi connectivity index (χ2v) is 2.64. The van der Waals surface area contributed by atoms with Crippen LogP contribution in [0.1, 0.15) is 26.7 Å². The lowest BCUT2D eigenvalue weighted by atomic mass is 10.2. The molecular weight excluding hydrogens is 138 g/mol. The molecule has 2 N–H and O–H groups in total. The molecule has 0 aromatic rings. The Morgan fingerprint density at radius 2 is 2.27 bits per heavy atom. The van der Waals surface area contributed by atoms with Crippen LogP contribution in [0.3, 0.4) is 0 Å².